The predicted molar refractivity (Wildman–Crippen MR) is 44.5 cm³/mol. The Bertz CT molecular complexity index is 163. The smallest absolute Gasteiger partial charge is 0.00156 e. The Balaban J connectivity index is 2.78. The summed E-state index contributed by atoms with van der Waals surface area (Å²) in [6.07, 6.45) is 7.73. The molecule has 0 radical (unpaired) electrons. The molecule has 1 aliphatic carbocycles. The zero-order valence-electron chi connectivity index (χ0n) is 5.82. The average Bonchev–Trinajstić information content (AvgIpc) is 1.60. The Morgan fingerprint density at radius 2 is 2.22 bits per heavy atom. The van der Waals surface area contributed by atoms with Crippen LogP contribution in [0.2, 0.25) is 0 Å². The summed E-state index contributed by atoms with van der Waals surface area (Å²) < 4.78 is 1.30. The van der Waals surface area contributed by atoms with Gasteiger partial charge in [-0.3, -0.25) is 0 Å². The van der Waals surface area contributed by atoms with Crippen LogP contribution in [0.3, 0.4) is 0 Å². The molecule has 1 rings (SSSR count). The molecule has 0 aromatic carbocycles. The van der Waals surface area contributed by atoms with Gasteiger partial charge in [0, 0.05) is 5.41 Å². The lowest BCUT2D eigenvalue weighted by molar-refractivity contribution is 0.613. The minimum absolute atomic E-state index is 0.261. The normalized spacial score (nSPS) is 23.7. The van der Waals surface area contributed by atoms with Crippen molar-refractivity contribution < 1.29 is 0 Å². The van der Waals surface area contributed by atoms with Crippen LogP contribution in [0.1, 0.15) is 20.3 Å². The standard InChI is InChI=1S/C8H11Br/c1-8(2)5-3-4-7(9)6-8/h3,5-6H,4H2,1-2H3. The third kappa shape index (κ3) is 1.98. The minimum Gasteiger partial charge on any atom is -0.0828 e. The first-order valence-corrected chi connectivity index (χ1v) is 3.94. The van der Waals surface area contributed by atoms with E-state index in [0.29, 0.717) is 0 Å². The van der Waals surface area contributed by atoms with Crippen molar-refractivity contribution in [3.05, 3.63) is 22.7 Å². The van der Waals surface area contributed by atoms with Gasteiger partial charge in [-0.25, -0.2) is 0 Å². The van der Waals surface area contributed by atoms with E-state index >= 15 is 0 Å². The molecule has 0 aromatic rings. The number of halogens is 1. The summed E-state index contributed by atoms with van der Waals surface area (Å²) in [6.45, 7) is 4.40. The zero-order chi connectivity index (χ0) is 6.91. The largest absolute Gasteiger partial charge is 0.0828 e. The molecule has 0 heterocycles. The van der Waals surface area contributed by atoms with E-state index in [1.165, 1.54) is 4.48 Å². The lowest BCUT2D eigenvalue weighted by Crippen LogP contribution is -2.05. The molecule has 0 bridgehead atoms. The van der Waals surface area contributed by atoms with E-state index in [1.54, 1.807) is 0 Å². The molecule has 0 saturated carbocycles. The number of allylic oxidation sites excluding steroid dienone is 4. The van der Waals surface area contributed by atoms with Gasteiger partial charge in [-0.2, -0.15) is 0 Å². The molecule has 50 valence electrons. The van der Waals surface area contributed by atoms with Crippen LogP contribution in [0, 0.1) is 5.41 Å². The second-order valence-corrected chi connectivity index (χ2v) is 4.04. The third-order valence-electron chi connectivity index (χ3n) is 1.39. The minimum atomic E-state index is 0.261. The van der Waals surface area contributed by atoms with Gasteiger partial charge in [0.05, 0.1) is 0 Å². The van der Waals surface area contributed by atoms with Crippen LogP contribution in [-0.2, 0) is 0 Å². The Kier molecular flexibility index (Phi) is 1.80. The molecule has 0 atom stereocenters. The van der Waals surface area contributed by atoms with E-state index in [0.717, 1.165) is 6.42 Å². The SMILES string of the molecule is CC1(C)C=CCC(Br)=C1. The van der Waals surface area contributed by atoms with Crippen molar-refractivity contribution in [1.82, 2.24) is 0 Å². The first kappa shape index (κ1) is 7.07. The highest BCUT2D eigenvalue weighted by Gasteiger charge is 2.13. The third-order valence-corrected chi connectivity index (χ3v) is 1.94. The van der Waals surface area contributed by atoms with Gasteiger partial charge in [0.2, 0.25) is 0 Å². The molecule has 0 aromatic heterocycles. The highest BCUT2D eigenvalue weighted by Crippen LogP contribution is 2.29. The molecule has 0 unspecified atom stereocenters. The first-order chi connectivity index (χ1) is 4.10. The second kappa shape index (κ2) is 2.30. The van der Waals surface area contributed by atoms with Crippen molar-refractivity contribution in [2.24, 2.45) is 5.41 Å². The molecule has 0 spiro atoms. The van der Waals surface area contributed by atoms with Crippen molar-refractivity contribution in [2.45, 2.75) is 20.3 Å². The highest BCUT2D eigenvalue weighted by molar-refractivity contribution is 9.11. The van der Waals surface area contributed by atoms with Gasteiger partial charge in [0.15, 0.2) is 0 Å². The monoisotopic (exact) mass is 186 g/mol. The van der Waals surface area contributed by atoms with Crippen molar-refractivity contribution >= 4 is 15.9 Å². The van der Waals surface area contributed by atoms with E-state index in [-0.39, 0.29) is 5.41 Å². The number of hydrogen-bond donors (Lipinski definition) is 0. The summed E-state index contributed by atoms with van der Waals surface area (Å²) in [4.78, 5) is 0. The fourth-order valence-corrected chi connectivity index (χ4v) is 1.76. The summed E-state index contributed by atoms with van der Waals surface area (Å²) in [7, 11) is 0. The van der Waals surface area contributed by atoms with Crippen LogP contribution >= 0.6 is 15.9 Å². The maximum absolute atomic E-state index is 3.47. The Labute approximate surface area is 64.8 Å². The summed E-state index contributed by atoms with van der Waals surface area (Å²) >= 11 is 3.47. The van der Waals surface area contributed by atoms with Crippen molar-refractivity contribution in [1.29, 1.82) is 0 Å². The maximum Gasteiger partial charge on any atom is 0.00156 e. The van der Waals surface area contributed by atoms with Gasteiger partial charge in [-0.1, -0.05) is 48.0 Å². The van der Waals surface area contributed by atoms with Gasteiger partial charge in [0.1, 0.15) is 0 Å². The summed E-state index contributed by atoms with van der Waals surface area (Å²) in [5, 5.41) is 0. The van der Waals surface area contributed by atoms with Crippen molar-refractivity contribution in [3.8, 4) is 0 Å². The van der Waals surface area contributed by atoms with E-state index in [4.69, 9.17) is 0 Å². The van der Waals surface area contributed by atoms with E-state index in [9.17, 15) is 0 Å². The molecule has 0 saturated heterocycles. The van der Waals surface area contributed by atoms with Gasteiger partial charge in [-0.05, 0) is 10.9 Å². The molecule has 1 aliphatic rings. The number of rotatable bonds is 0. The highest BCUT2D eigenvalue weighted by atomic mass is 79.9. The van der Waals surface area contributed by atoms with Gasteiger partial charge >= 0.3 is 0 Å². The summed E-state index contributed by atoms with van der Waals surface area (Å²) in [5.74, 6) is 0. The molecular formula is C8H11Br. The molecule has 9 heavy (non-hydrogen) atoms. The molecule has 0 amide bonds. The van der Waals surface area contributed by atoms with Crippen LogP contribution in [0.5, 0.6) is 0 Å². The van der Waals surface area contributed by atoms with Crippen LogP contribution in [0.25, 0.3) is 0 Å². The lowest BCUT2D eigenvalue weighted by atomic mass is 9.89. The first-order valence-electron chi connectivity index (χ1n) is 3.15. The molecule has 0 fully saturated rings. The molecule has 0 aliphatic heterocycles. The van der Waals surface area contributed by atoms with Crippen molar-refractivity contribution in [2.75, 3.05) is 0 Å². The van der Waals surface area contributed by atoms with Crippen LogP contribution in [0.4, 0.5) is 0 Å². The molecular weight excluding hydrogens is 176 g/mol. The fourth-order valence-electron chi connectivity index (χ4n) is 0.986. The molecule has 0 N–H and O–H groups in total. The predicted octanol–water partition coefficient (Wildman–Crippen LogP) is 3.25. The second-order valence-electron chi connectivity index (χ2n) is 3.02. The van der Waals surface area contributed by atoms with Gasteiger partial charge in [-0.15, -0.1) is 0 Å². The Morgan fingerprint density at radius 1 is 1.56 bits per heavy atom. The topological polar surface area (TPSA) is 0 Å². The average molecular weight is 187 g/mol. The van der Waals surface area contributed by atoms with Gasteiger partial charge < -0.3 is 0 Å². The van der Waals surface area contributed by atoms with Crippen LogP contribution < -0.4 is 0 Å². The lowest BCUT2D eigenvalue weighted by Gasteiger charge is -2.18. The molecule has 1 heteroatoms. The Morgan fingerprint density at radius 3 is 2.56 bits per heavy atom. The van der Waals surface area contributed by atoms with Gasteiger partial charge in [0.25, 0.3) is 0 Å². The summed E-state index contributed by atoms with van der Waals surface area (Å²) in [5.41, 5.74) is 0.261. The van der Waals surface area contributed by atoms with Crippen LogP contribution in [-0.4, -0.2) is 0 Å². The van der Waals surface area contributed by atoms with E-state index in [1.807, 2.05) is 0 Å². The maximum atomic E-state index is 3.47. The quantitative estimate of drug-likeness (QED) is 0.510. The Hall–Kier alpha value is -0.0400. The fraction of sp³-hybridized carbons (Fsp3) is 0.500. The number of hydrogen-bond acceptors (Lipinski definition) is 0. The zero-order valence-corrected chi connectivity index (χ0v) is 7.40. The molecule has 0 nitrogen and oxygen atoms in total. The summed E-state index contributed by atoms with van der Waals surface area (Å²) in [6, 6.07) is 0. The van der Waals surface area contributed by atoms with E-state index < -0.39 is 0 Å². The van der Waals surface area contributed by atoms with Crippen LogP contribution in [0.15, 0.2) is 22.7 Å². The van der Waals surface area contributed by atoms with Crippen molar-refractivity contribution in [3.63, 3.8) is 0 Å². The van der Waals surface area contributed by atoms with E-state index in [2.05, 4.69) is 48.0 Å².